The second-order valence-corrected chi connectivity index (χ2v) is 5.57. The normalized spacial score (nSPS) is 10.5. The fourth-order valence-corrected chi connectivity index (χ4v) is 2.58. The van der Waals surface area contributed by atoms with Gasteiger partial charge in [-0.05, 0) is 12.0 Å². The zero-order chi connectivity index (χ0) is 16.8. The Labute approximate surface area is 139 Å². The molecular formula is C16H17ClN4O2. The number of nitro groups is 1. The van der Waals surface area contributed by atoms with Crippen LogP contribution < -0.4 is 0 Å². The molecular weight excluding hydrogens is 316 g/mol. The molecule has 2 rings (SSSR count). The van der Waals surface area contributed by atoms with Crippen molar-refractivity contribution in [2.75, 3.05) is 0 Å². The van der Waals surface area contributed by atoms with Gasteiger partial charge in [0.05, 0.1) is 29.7 Å². The van der Waals surface area contributed by atoms with Crippen molar-refractivity contribution in [2.45, 2.75) is 39.2 Å². The molecule has 0 amide bonds. The molecule has 0 unspecified atom stereocenters. The van der Waals surface area contributed by atoms with Crippen LogP contribution in [0.15, 0.2) is 24.3 Å². The van der Waals surface area contributed by atoms with Crippen LogP contribution >= 0.6 is 11.6 Å². The summed E-state index contributed by atoms with van der Waals surface area (Å²) in [5, 5.41) is 20.1. The fourth-order valence-electron chi connectivity index (χ4n) is 2.31. The number of hydrogen-bond donors (Lipinski definition) is 0. The van der Waals surface area contributed by atoms with Crippen LogP contribution in [-0.4, -0.2) is 14.5 Å². The smallest absolute Gasteiger partial charge is 0.269 e. The van der Waals surface area contributed by atoms with E-state index in [2.05, 4.69) is 18.0 Å². The quantitative estimate of drug-likeness (QED) is 0.568. The zero-order valence-corrected chi connectivity index (χ0v) is 13.6. The Balaban J connectivity index is 2.29. The summed E-state index contributed by atoms with van der Waals surface area (Å²) in [5.41, 5.74) is 1.54. The molecule has 0 radical (unpaired) electrons. The summed E-state index contributed by atoms with van der Waals surface area (Å²) in [6, 6.07) is 8.44. The van der Waals surface area contributed by atoms with Crippen LogP contribution in [0.2, 0.25) is 5.15 Å². The number of non-ortho nitro benzene ring substituents is 1. The van der Waals surface area contributed by atoms with Crippen LogP contribution in [0.1, 0.15) is 36.8 Å². The summed E-state index contributed by atoms with van der Waals surface area (Å²) >= 11 is 6.36. The Bertz CT molecular complexity index is 732. The van der Waals surface area contributed by atoms with Crippen molar-refractivity contribution in [3.8, 4) is 6.07 Å². The van der Waals surface area contributed by atoms with E-state index < -0.39 is 4.92 Å². The average molecular weight is 333 g/mol. The molecule has 0 N–H and O–H groups in total. The van der Waals surface area contributed by atoms with E-state index in [-0.39, 0.29) is 12.1 Å². The minimum atomic E-state index is -0.425. The van der Waals surface area contributed by atoms with Crippen molar-refractivity contribution >= 4 is 17.3 Å². The monoisotopic (exact) mass is 332 g/mol. The third kappa shape index (κ3) is 4.08. The third-order valence-electron chi connectivity index (χ3n) is 3.54. The van der Waals surface area contributed by atoms with Crippen LogP contribution in [0, 0.1) is 21.4 Å². The summed E-state index contributed by atoms with van der Waals surface area (Å²) in [7, 11) is 0. The van der Waals surface area contributed by atoms with Gasteiger partial charge in [0, 0.05) is 18.6 Å². The highest BCUT2D eigenvalue weighted by atomic mass is 35.5. The van der Waals surface area contributed by atoms with E-state index in [9.17, 15) is 10.1 Å². The maximum absolute atomic E-state index is 10.7. The molecule has 0 atom stereocenters. The first-order chi connectivity index (χ1) is 11.1. The molecule has 23 heavy (non-hydrogen) atoms. The van der Waals surface area contributed by atoms with Crippen LogP contribution in [-0.2, 0) is 19.4 Å². The van der Waals surface area contributed by atoms with E-state index in [1.165, 1.54) is 12.1 Å². The Morgan fingerprint density at radius 1 is 1.39 bits per heavy atom. The number of nitrogens with zero attached hydrogens (tertiary/aromatic N) is 4. The van der Waals surface area contributed by atoms with E-state index in [1.807, 2.05) is 4.57 Å². The maximum Gasteiger partial charge on any atom is 0.269 e. The number of aryl methyl sites for hydroxylation is 1. The molecule has 0 aliphatic rings. The van der Waals surface area contributed by atoms with Gasteiger partial charge in [-0.15, -0.1) is 0 Å². The van der Waals surface area contributed by atoms with Gasteiger partial charge in [-0.3, -0.25) is 10.1 Å². The standard InChI is InChI=1S/C16H17ClN4O2/c1-2-3-4-15-19-14(9-10-18)16(17)20(15)11-12-5-7-13(8-6-12)21(22)23/h5-8H,2-4,9,11H2,1H3. The molecule has 7 heteroatoms. The highest BCUT2D eigenvalue weighted by Gasteiger charge is 2.15. The van der Waals surface area contributed by atoms with Gasteiger partial charge in [-0.25, -0.2) is 4.98 Å². The van der Waals surface area contributed by atoms with Crippen molar-refractivity contribution in [3.05, 3.63) is 56.6 Å². The molecule has 0 saturated heterocycles. The van der Waals surface area contributed by atoms with Gasteiger partial charge in [-0.1, -0.05) is 37.1 Å². The molecule has 0 bridgehead atoms. The van der Waals surface area contributed by atoms with Crippen molar-refractivity contribution in [1.29, 1.82) is 5.26 Å². The molecule has 120 valence electrons. The second kappa shape index (κ2) is 7.75. The molecule has 2 aromatic rings. The summed E-state index contributed by atoms with van der Waals surface area (Å²) in [6.45, 7) is 2.58. The first-order valence-corrected chi connectivity index (χ1v) is 7.78. The van der Waals surface area contributed by atoms with Crippen molar-refractivity contribution in [1.82, 2.24) is 9.55 Å². The number of nitriles is 1. The van der Waals surface area contributed by atoms with Crippen molar-refractivity contribution < 1.29 is 4.92 Å². The Morgan fingerprint density at radius 3 is 2.65 bits per heavy atom. The van der Waals surface area contributed by atoms with Gasteiger partial charge in [0.1, 0.15) is 11.0 Å². The van der Waals surface area contributed by atoms with Crippen LogP contribution in [0.4, 0.5) is 5.69 Å². The maximum atomic E-state index is 10.7. The van der Waals surface area contributed by atoms with Gasteiger partial charge >= 0.3 is 0 Å². The Morgan fingerprint density at radius 2 is 2.09 bits per heavy atom. The number of nitro benzene ring substituents is 1. The molecule has 0 aliphatic carbocycles. The van der Waals surface area contributed by atoms with E-state index in [4.69, 9.17) is 16.9 Å². The van der Waals surface area contributed by atoms with Crippen LogP contribution in [0.3, 0.4) is 0 Å². The SMILES string of the molecule is CCCCc1nc(CC#N)c(Cl)n1Cc1ccc([N+](=O)[O-])cc1. The second-order valence-electron chi connectivity index (χ2n) is 5.21. The molecule has 0 fully saturated rings. The average Bonchev–Trinajstić information content (AvgIpc) is 2.83. The van der Waals surface area contributed by atoms with Gasteiger partial charge in [0.2, 0.25) is 0 Å². The minimum absolute atomic E-state index is 0.0573. The van der Waals surface area contributed by atoms with Crippen LogP contribution in [0.5, 0.6) is 0 Å². The van der Waals surface area contributed by atoms with Gasteiger partial charge in [-0.2, -0.15) is 5.26 Å². The Hall–Kier alpha value is -2.39. The van der Waals surface area contributed by atoms with Crippen LogP contribution in [0.25, 0.3) is 0 Å². The minimum Gasteiger partial charge on any atom is -0.314 e. The number of unbranched alkanes of at least 4 members (excludes halogenated alkanes) is 1. The van der Waals surface area contributed by atoms with Gasteiger partial charge in [0.15, 0.2) is 0 Å². The lowest BCUT2D eigenvalue weighted by Crippen LogP contribution is -2.05. The molecule has 0 spiro atoms. The number of halogens is 1. The van der Waals surface area contributed by atoms with E-state index in [1.54, 1.807) is 12.1 Å². The summed E-state index contributed by atoms with van der Waals surface area (Å²) in [4.78, 5) is 14.8. The Kier molecular flexibility index (Phi) is 5.72. The topological polar surface area (TPSA) is 84.8 Å². The zero-order valence-electron chi connectivity index (χ0n) is 12.8. The van der Waals surface area contributed by atoms with Crippen molar-refractivity contribution in [3.63, 3.8) is 0 Å². The highest BCUT2D eigenvalue weighted by molar-refractivity contribution is 6.30. The summed E-state index contributed by atoms with van der Waals surface area (Å²) < 4.78 is 1.88. The molecule has 1 aromatic heterocycles. The predicted molar refractivity (Wildman–Crippen MR) is 87.4 cm³/mol. The third-order valence-corrected chi connectivity index (χ3v) is 3.96. The lowest BCUT2D eigenvalue weighted by molar-refractivity contribution is -0.384. The molecule has 0 saturated carbocycles. The fraction of sp³-hybridized carbons (Fsp3) is 0.375. The molecule has 6 nitrogen and oxygen atoms in total. The molecule has 1 aromatic carbocycles. The van der Waals surface area contributed by atoms with Gasteiger partial charge in [0.25, 0.3) is 5.69 Å². The number of hydrogen-bond acceptors (Lipinski definition) is 4. The number of benzene rings is 1. The number of imidazole rings is 1. The first-order valence-electron chi connectivity index (χ1n) is 7.40. The molecule has 0 aliphatic heterocycles. The highest BCUT2D eigenvalue weighted by Crippen LogP contribution is 2.22. The summed E-state index contributed by atoms with van der Waals surface area (Å²) in [6.07, 6.45) is 2.98. The van der Waals surface area contributed by atoms with E-state index in [0.29, 0.717) is 17.4 Å². The lowest BCUT2D eigenvalue weighted by atomic mass is 10.2. The van der Waals surface area contributed by atoms with Crippen molar-refractivity contribution in [2.24, 2.45) is 0 Å². The first kappa shape index (κ1) is 17.0. The number of aromatic nitrogens is 2. The lowest BCUT2D eigenvalue weighted by Gasteiger charge is -2.09. The molecule has 1 heterocycles. The van der Waals surface area contributed by atoms with E-state index >= 15 is 0 Å². The van der Waals surface area contributed by atoms with Gasteiger partial charge < -0.3 is 4.57 Å². The number of rotatable bonds is 7. The summed E-state index contributed by atoms with van der Waals surface area (Å²) in [5.74, 6) is 0.848. The predicted octanol–water partition coefficient (Wildman–Crippen LogP) is 3.90. The van der Waals surface area contributed by atoms with E-state index in [0.717, 1.165) is 30.7 Å². The largest absolute Gasteiger partial charge is 0.314 e.